The van der Waals surface area contributed by atoms with Crippen LogP contribution in [0.15, 0.2) is 0 Å². The van der Waals surface area contributed by atoms with Crippen LogP contribution in [0.4, 0.5) is 0 Å². The van der Waals surface area contributed by atoms with Gasteiger partial charge in [0.2, 0.25) is 0 Å². The van der Waals surface area contributed by atoms with Crippen LogP contribution in [0.2, 0.25) is 0 Å². The molecule has 1 rings (SSSR count). The van der Waals surface area contributed by atoms with Crippen molar-refractivity contribution in [2.45, 2.75) is 62.9 Å². The third kappa shape index (κ3) is 5.26. The van der Waals surface area contributed by atoms with E-state index in [2.05, 4.69) is 30.9 Å². The fraction of sp³-hybridized carbons (Fsp3) is 1.00. The van der Waals surface area contributed by atoms with Gasteiger partial charge in [0.15, 0.2) is 0 Å². The van der Waals surface area contributed by atoms with E-state index >= 15 is 0 Å². The third-order valence-electron chi connectivity index (χ3n) is 2.87. The predicted molar refractivity (Wildman–Crippen MR) is 67.1 cm³/mol. The molecule has 1 unspecified atom stereocenters. The van der Waals surface area contributed by atoms with E-state index in [4.69, 9.17) is 0 Å². The van der Waals surface area contributed by atoms with Crippen LogP contribution in [-0.4, -0.2) is 23.6 Å². The molecule has 2 heteroatoms. The summed E-state index contributed by atoms with van der Waals surface area (Å²) in [5.41, 5.74) is 0. The van der Waals surface area contributed by atoms with Crippen molar-refractivity contribution in [1.29, 1.82) is 0 Å². The molecule has 1 saturated carbocycles. The standard InChI is InChI=1S/C12H25NS/c1-3-4-9-13-10-11(2)14-12-7-5-6-8-12/h11-13H,3-10H2,1-2H3. The minimum atomic E-state index is 0.801. The van der Waals surface area contributed by atoms with Gasteiger partial charge in [-0.2, -0.15) is 11.8 Å². The van der Waals surface area contributed by atoms with Gasteiger partial charge in [-0.3, -0.25) is 0 Å². The maximum absolute atomic E-state index is 3.54. The first kappa shape index (κ1) is 12.4. The van der Waals surface area contributed by atoms with Crippen molar-refractivity contribution < 1.29 is 0 Å². The van der Waals surface area contributed by atoms with E-state index in [1.807, 2.05) is 0 Å². The van der Waals surface area contributed by atoms with E-state index < -0.39 is 0 Å². The number of nitrogens with one attached hydrogen (secondary N) is 1. The highest BCUT2D eigenvalue weighted by Gasteiger charge is 2.17. The summed E-state index contributed by atoms with van der Waals surface area (Å²) < 4.78 is 0. The van der Waals surface area contributed by atoms with Gasteiger partial charge in [0, 0.05) is 17.0 Å². The Kier molecular flexibility index (Phi) is 6.70. The molecule has 1 aliphatic carbocycles. The largest absolute Gasteiger partial charge is 0.316 e. The maximum atomic E-state index is 3.54. The van der Waals surface area contributed by atoms with Gasteiger partial charge >= 0.3 is 0 Å². The van der Waals surface area contributed by atoms with E-state index in [0.717, 1.165) is 10.5 Å². The number of hydrogen-bond donors (Lipinski definition) is 1. The molecule has 0 amide bonds. The van der Waals surface area contributed by atoms with Gasteiger partial charge in [0.1, 0.15) is 0 Å². The Hall–Kier alpha value is 0.310. The second kappa shape index (κ2) is 7.58. The Morgan fingerprint density at radius 3 is 2.71 bits per heavy atom. The molecule has 0 aromatic heterocycles. The molecule has 84 valence electrons. The minimum Gasteiger partial charge on any atom is -0.316 e. The van der Waals surface area contributed by atoms with Gasteiger partial charge in [0.05, 0.1) is 0 Å². The molecule has 0 saturated heterocycles. The lowest BCUT2D eigenvalue weighted by atomic mass is 10.3. The number of hydrogen-bond acceptors (Lipinski definition) is 2. The summed E-state index contributed by atoms with van der Waals surface area (Å²) in [4.78, 5) is 0. The predicted octanol–water partition coefficient (Wildman–Crippen LogP) is 3.44. The molecule has 0 spiro atoms. The SMILES string of the molecule is CCCCNCC(C)SC1CCCC1. The van der Waals surface area contributed by atoms with E-state index in [9.17, 15) is 0 Å². The van der Waals surface area contributed by atoms with Gasteiger partial charge < -0.3 is 5.32 Å². The zero-order valence-electron chi connectivity index (χ0n) is 9.72. The van der Waals surface area contributed by atoms with E-state index in [0.29, 0.717) is 0 Å². The molecule has 0 heterocycles. The van der Waals surface area contributed by atoms with Crippen LogP contribution in [0.5, 0.6) is 0 Å². The maximum Gasteiger partial charge on any atom is 0.0146 e. The summed E-state index contributed by atoms with van der Waals surface area (Å²) in [6, 6.07) is 0. The van der Waals surface area contributed by atoms with Crippen LogP contribution in [0.3, 0.4) is 0 Å². The van der Waals surface area contributed by atoms with Crippen molar-refractivity contribution in [2.24, 2.45) is 0 Å². The molecule has 1 N–H and O–H groups in total. The van der Waals surface area contributed by atoms with Crippen LogP contribution in [-0.2, 0) is 0 Å². The molecular weight excluding hydrogens is 190 g/mol. The van der Waals surface area contributed by atoms with Gasteiger partial charge in [-0.1, -0.05) is 33.1 Å². The Morgan fingerprint density at radius 1 is 1.36 bits per heavy atom. The molecule has 1 atom stereocenters. The molecule has 0 aliphatic heterocycles. The lowest BCUT2D eigenvalue weighted by Gasteiger charge is -2.16. The molecule has 0 bridgehead atoms. The molecule has 0 radical (unpaired) electrons. The molecule has 1 nitrogen and oxygen atoms in total. The average molecular weight is 215 g/mol. The van der Waals surface area contributed by atoms with Crippen LogP contribution in [0, 0.1) is 0 Å². The molecule has 1 fully saturated rings. The third-order valence-corrected chi connectivity index (χ3v) is 4.35. The quantitative estimate of drug-likeness (QED) is 0.653. The lowest BCUT2D eigenvalue weighted by Crippen LogP contribution is -2.24. The zero-order chi connectivity index (χ0) is 10.2. The molecule has 0 aromatic carbocycles. The summed E-state index contributed by atoms with van der Waals surface area (Å²) in [7, 11) is 0. The first-order chi connectivity index (χ1) is 6.83. The zero-order valence-corrected chi connectivity index (χ0v) is 10.5. The highest BCUT2D eigenvalue weighted by atomic mass is 32.2. The Labute approximate surface area is 93.4 Å². The first-order valence-corrected chi connectivity index (χ1v) is 7.13. The molecule has 14 heavy (non-hydrogen) atoms. The summed E-state index contributed by atoms with van der Waals surface area (Å²) in [5.74, 6) is 0. The molecular formula is C12H25NS. The van der Waals surface area contributed by atoms with Gasteiger partial charge in [0.25, 0.3) is 0 Å². The molecule has 0 aromatic rings. The van der Waals surface area contributed by atoms with Crippen molar-refractivity contribution in [1.82, 2.24) is 5.32 Å². The average Bonchev–Trinajstić information content (AvgIpc) is 2.65. The smallest absolute Gasteiger partial charge is 0.0146 e. The van der Waals surface area contributed by atoms with Crippen molar-refractivity contribution in [3.63, 3.8) is 0 Å². The van der Waals surface area contributed by atoms with Crippen molar-refractivity contribution in [2.75, 3.05) is 13.1 Å². The summed E-state index contributed by atoms with van der Waals surface area (Å²) in [5, 5.41) is 5.31. The first-order valence-electron chi connectivity index (χ1n) is 6.19. The van der Waals surface area contributed by atoms with Gasteiger partial charge in [-0.15, -0.1) is 0 Å². The summed E-state index contributed by atoms with van der Waals surface area (Å²) in [6.07, 6.45) is 8.48. The van der Waals surface area contributed by atoms with Gasteiger partial charge in [-0.25, -0.2) is 0 Å². The number of thioether (sulfide) groups is 1. The van der Waals surface area contributed by atoms with Crippen molar-refractivity contribution in [3.8, 4) is 0 Å². The second-order valence-corrected chi connectivity index (χ2v) is 6.15. The molecule has 1 aliphatic rings. The normalized spacial score (nSPS) is 20.1. The van der Waals surface area contributed by atoms with Crippen LogP contribution < -0.4 is 5.32 Å². The lowest BCUT2D eigenvalue weighted by molar-refractivity contribution is 0.637. The Balaban J connectivity index is 1.95. The van der Waals surface area contributed by atoms with E-state index in [1.54, 1.807) is 0 Å². The second-order valence-electron chi connectivity index (χ2n) is 4.41. The summed E-state index contributed by atoms with van der Waals surface area (Å²) in [6.45, 7) is 7.01. The number of unbranched alkanes of at least 4 members (excludes halogenated alkanes) is 1. The Bertz CT molecular complexity index is 132. The van der Waals surface area contributed by atoms with Crippen LogP contribution >= 0.6 is 11.8 Å². The minimum absolute atomic E-state index is 0.801. The highest BCUT2D eigenvalue weighted by molar-refractivity contribution is 8.00. The van der Waals surface area contributed by atoms with Crippen molar-refractivity contribution >= 4 is 11.8 Å². The topological polar surface area (TPSA) is 12.0 Å². The van der Waals surface area contributed by atoms with Crippen molar-refractivity contribution in [3.05, 3.63) is 0 Å². The van der Waals surface area contributed by atoms with Crippen LogP contribution in [0.25, 0.3) is 0 Å². The van der Waals surface area contributed by atoms with Crippen LogP contribution in [0.1, 0.15) is 52.4 Å². The highest BCUT2D eigenvalue weighted by Crippen LogP contribution is 2.31. The number of rotatable bonds is 7. The Morgan fingerprint density at radius 2 is 2.07 bits per heavy atom. The monoisotopic (exact) mass is 215 g/mol. The van der Waals surface area contributed by atoms with E-state index in [-0.39, 0.29) is 0 Å². The van der Waals surface area contributed by atoms with Gasteiger partial charge in [-0.05, 0) is 25.8 Å². The fourth-order valence-electron chi connectivity index (χ4n) is 2.01. The summed E-state index contributed by atoms with van der Waals surface area (Å²) >= 11 is 2.20. The fourth-order valence-corrected chi connectivity index (χ4v) is 3.48. The van der Waals surface area contributed by atoms with E-state index in [1.165, 1.54) is 51.6 Å².